The number of hydrogen-bond acceptors (Lipinski definition) is 6. The molecule has 0 bridgehead atoms. The minimum atomic E-state index is -0.625. The number of nitrogens with zero attached hydrogens (tertiary/aromatic N) is 2. The highest BCUT2D eigenvalue weighted by atomic mass is 16.5. The topological polar surface area (TPSA) is 93.2 Å². The van der Waals surface area contributed by atoms with E-state index < -0.39 is 11.9 Å². The molecular weight excluding hydrogens is 436 g/mol. The molecule has 5 rings (SSSR count). The van der Waals surface area contributed by atoms with Crippen molar-refractivity contribution in [3.63, 3.8) is 0 Å². The number of carbonyl (C=O) groups is 4. The zero-order valence-electron chi connectivity index (χ0n) is 18.9. The van der Waals surface area contributed by atoms with Crippen LogP contribution in [0.25, 0.3) is 0 Å². The number of benzene rings is 2. The molecule has 0 N–H and O–H groups in total. The summed E-state index contributed by atoms with van der Waals surface area (Å²) < 4.78 is 10.8. The molecule has 3 amide bonds. The molecule has 2 aliphatic heterocycles. The zero-order valence-corrected chi connectivity index (χ0v) is 18.9. The monoisotopic (exact) mass is 462 g/mol. The molecule has 1 saturated carbocycles. The Morgan fingerprint density at radius 1 is 0.882 bits per heavy atom. The second-order valence-corrected chi connectivity index (χ2v) is 9.03. The molecule has 2 aromatic carbocycles. The third-order valence-electron chi connectivity index (χ3n) is 6.96. The van der Waals surface area contributed by atoms with E-state index in [1.807, 2.05) is 0 Å². The van der Waals surface area contributed by atoms with E-state index in [2.05, 4.69) is 0 Å². The quantitative estimate of drug-likeness (QED) is 0.384. The van der Waals surface area contributed by atoms with Crippen LogP contribution in [0.15, 0.2) is 48.5 Å². The van der Waals surface area contributed by atoms with Gasteiger partial charge in [-0.1, -0.05) is 25.0 Å². The van der Waals surface area contributed by atoms with Gasteiger partial charge in [-0.25, -0.2) is 4.90 Å². The lowest BCUT2D eigenvalue weighted by Crippen LogP contribution is -2.31. The van der Waals surface area contributed by atoms with E-state index in [4.69, 9.17) is 9.47 Å². The molecular formula is C26H26N2O6. The zero-order chi connectivity index (χ0) is 23.8. The fraction of sp³-hybridized carbons (Fsp3) is 0.385. The van der Waals surface area contributed by atoms with Crippen LogP contribution >= 0.6 is 0 Å². The number of carbonyl (C=O) groups excluding carboxylic acids is 4. The van der Waals surface area contributed by atoms with Crippen molar-refractivity contribution >= 4 is 35.1 Å². The number of fused-ring (bicyclic) bond motifs is 1. The van der Waals surface area contributed by atoms with Crippen molar-refractivity contribution in [2.45, 2.75) is 32.1 Å². The molecule has 34 heavy (non-hydrogen) atoms. The van der Waals surface area contributed by atoms with Gasteiger partial charge in [-0.05, 0) is 37.1 Å². The Hall–Kier alpha value is -3.68. The molecule has 3 aliphatic rings. The number of rotatable bonds is 5. The van der Waals surface area contributed by atoms with Crippen LogP contribution in [0.4, 0.5) is 11.4 Å². The van der Waals surface area contributed by atoms with Crippen LogP contribution in [-0.2, 0) is 19.2 Å². The van der Waals surface area contributed by atoms with Gasteiger partial charge in [0.25, 0.3) is 0 Å². The van der Waals surface area contributed by atoms with E-state index in [0.717, 1.165) is 25.7 Å². The van der Waals surface area contributed by atoms with Gasteiger partial charge in [-0.15, -0.1) is 0 Å². The predicted octanol–water partition coefficient (Wildman–Crippen LogP) is 3.33. The second kappa shape index (κ2) is 8.93. The highest BCUT2D eigenvalue weighted by Crippen LogP contribution is 2.40. The maximum atomic E-state index is 12.9. The largest absolute Gasteiger partial charge is 0.497 e. The van der Waals surface area contributed by atoms with Gasteiger partial charge in [0, 0.05) is 30.8 Å². The Kier molecular flexibility index (Phi) is 5.81. The van der Waals surface area contributed by atoms with Crippen LogP contribution in [0.2, 0.25) is 0 Å². The number of esters is 1. The number of imide groups is 1. The minimum absolute atomic E-state index is 0.0438. The Balaban J connectivity index is 1.29. The summed E-state index contributed by atoms with van der Waals surface area (Å²) >= 11 is 0. The predicted molar refractivity (Wildman–Crippen MR) is 123 cm³/mol. The highest BCUT2D eigenvalue weighted by Gasteiger charge is 2.48. The van der Waals surface area contributed by atoms with E-state index >= 15 is 0 Å². The molecule has 2 aromatic rings. The van der Waals surface area contributed by atoms with E-state index in [1.165, 1.54) is 4.90 Å². The van der Waals surface area contributed by atoms with E-state index in [0.29, 0.717) is 17.1 Å². The van der Waals surface area contributed by atoms with Gasteiger partial charge >= 0.3 is 5.97 Å². The van der Waals surface area contributed by atoms with Crippen molar-refractivity contribution in [2.75, 3.05) is 23.5 Å². The van der Waals surface area contributed by atoms with Crippen molar-refractivity contribution in [3.05, 3.63) is 48.5 Å². The summed E-state index contributed by atoms with van der Waals surface area (Å²) in [6.45, 7) is 0.205. The number of amides is 3. The Bertz CT molecular complexity index is 1140. The molecule has 1 aliphatic carbocycles. The molecule has 0 spiro atoms. The highest BCUT2D eigenvalue weighted by molar-refractivity contribution is 6.22. The van der Waals surface area contributed by atoms with Crippen molar-refractivity contribution in [1.82, 2.24) is 0 Å². The summed E-state index contributed by atoms with van der Waals surface area (Å²) in [4.78, 5) is 54.0. The van der Waals surface area contributed by atoms with Crippen LogP contribution < -0.4 is 19.3 Å². The first-order valence-corrected chi connectivity index (χ1v) is 11.6. The molecule has 2 heterocycles. The van der Waals surface area contributed by atoms with Crippen LogP contribution in [0.5, 0.6) is 11.5 Å². The standard InChI is InChI=1S/C26H26N2O6/c1-33-19-8-4-6-17(13-19)27-15-16(12-23(27)29)26(32)34-20-9-5-7-18(14-20)28-24(30)21-10-2-3-11-22(21)25(28)31/h4-9,13-14,16,21-22H,2-3,10-12,15H2,1H3/t16-,21-,22-/m1/s1. The Morgan fingerprint density at radius 2 is 1.50 bits per heavy atom. The van der Waals surface area contributed by atoms with E-state index in [-0.39, 0.29) is 48.3 Å². The fourth-order valence-corrected chi connectivity index (χ4v) is 5.20. The minimum Gasteiger partial charge on any atom is -0.497 e. The van der Waals surface area contributed by atoms with E-state index in [1.54, 1.807) is 60.5 Å². The first-order chi connectivity index (χ1) is 16.5. The normalized spacial score (nSPS) is 24.4. The van der Waals surface area contributed by atoms with Gasteiger partial charge in [0.2, 0.25) is 17.7 Å². The molecule has 3 atom stereocenters. The van der Waals surface area contributed by atoms with Crippen LogP contribution in [0.1, 0.15) is 32.1 Å². The molecule has 3 fully saturated rings. The lowest BCUT2D eigenvalue weighted by molar-refractivity contribution is -0.139. The van der Waals surface area contributed by atoms with Gasteiger partial charge < -0.3 is 14.4 Å². The SMILES string of the molecule is COc1cccc(N2C[C@H](C(=O)Oc3cccc(N4C(=O)[C@@H]5CCCC[C@H]5C4=O)c3)CC2=O)c1. The summed E-state index contributed by atoms with van der Waals surface area (Å²) in [5, 5.41) is 0. The average Bonchev–Trinajstić information content (AvgIpc) is 3.37. The number of ether oxygens (including phenoxy) is 2. The summed E-state index contributed by atoms with van der Waals surface area (Å²) in [7, 11) is 1.55. The van der Waals surface area contributed by atoms with Crippen LogP contribution in [0, 0.1) is 17.8 Å². The molecule has 0 unspecified atom stereocenters. The maximum Gasteiger partial charge on any atom is 0.316 e. The van der Waals surface area contributed by atoms with E-state index in [9.17, 15) is 19.2 Å². The summed E-state index contributed by atoms with van der Waals surface area (Å²) in [5.41, 5.74) is 1.07. The smallest absolute Gasteiger partial charge is 0.316 e. The summed E-state index contributed by atoms with van der Waals surface area (Å²) in [6, 6.07) is 13.6. The number of anilines is 2. The molecule has 2 saturated heterocycles. The second-order valence-electron chi connectivity index (χ2n) is 9.03. The average molecular weight is 463 g/mol. The van der Waals surface area contributed by atoms with Crippen molar-refractivity contribution in [3.8, 4) is 11.5 Å². The summed E-state index contributed by atoms with van der Waals surface area (Å²) in [6.07, 6.45) is 3.43. The Labute approximate surface area is 197 Å². The Morgan fingerprint density at radius 3 is 2.18 bits per heavy atom. The molecule has 8 heteroatoms. The lowest BCUT2D eigenvalue weighted by atomic mass is 9.81. The molecule has 8 nitrogen and oxygen atoms in total. The van der Waals surface area contributed by atoms with Gasteiger partial charge in [0.15, 0.2) is 0 Å². The van der Waals surface area contributed by atoms with Crippen molar-refractivity contribution < 1.29 is 28.7 Å². The first kappa shape index (κ1) is 22.1. The summed E-state index contributed by atoms with van der Waals surface area (Å²) in [5.74, 6) is -1.30. The van der Waals surface area contributed by atoms with Crippen molar-refractivity contribution in [2.24, 2.45) is 17.8 Å². The maximum absolute atomic E-state index is 12.9. The number of methoxy groups -OCH3 is 1. The molecule has 176 valence electrons. The van der Waals surface area contributed by atoms with Crippen molar-refractivity contribution in [1.29, 1.82) is 0 Å². The third-order valence-corrected chi connectivity index (χ3v) is 6.96. The van der Waals surface area contributed by atoms with Crippen LogP contribution in [-0.4, -0.2) is 37.3 Å². The number of hydrogen-bond donors (Lipinski definition) is 0. The third kappa shape index (κ3) is 3.93. The van der Waals surface area contributed by atoms with Gasteiger partial charge in [0.05, 0.1) is 30.6 Å². The van der Waals surface area contributed by atoms with Gasteiger partial charge in [-0.2, -0.15) is 0 Å². The van der Waals surface area contributed by atoms with Crippen LogP contribution in [0.3, 0.4) is 0 Å². The lowest BCUT2D eigenvalue weighted by Gasteiger charge is -2.19. The van der Waals surface area contributed by atoms with Gasteiger partial charge in [0.1, 0.15) is 11.5 Å². The first-order valence-electron chi connectivity index (χ1n) is 11.6. The van der Waals surface area contributed by atoms with Gasteiger partial charge in [-0.3, -0.25) is 19.2 Å². The molecule has 0 aromatic heterocycles. The molecule has 0 radical (unpaired) electrons. The fourth-order valence-electron chi connectivity index (χ4n) is 5.20.